The number of aromatic nitrogens is 4. The first-order valence-corrected chi connectivity index (χ1v) is 5.88. The van der Waals surface area contributed by atoms with Crippen LogP contribution in [0.1, 0.15) is 5.82 Å². The Morgan fingerprint density at radius 2 is 2.00 bits per heavy atom. The van der Waals surface area contributed by atoms with Gasteiger partial charge >= 0.3 is 0 Å². The van der Waals surface area contributed by atoms with E-state index in [1.165, 1.54) is 4.52 Å². The van der Waals surface area contributed by atoms with Crippen LogP contribution in [0.15, 0.2) is 29.1 Å². The van der Waals surface area contributed by atoms with Crippen molar-refractivity contribution in [3.05, 3.63) is 45.5 Å². The predicted molar refractivity (Wildman–Crippen MR) is 70.5 cm³/mol. The minimum absolute atomic E-state index is 0.133. The Kier molecular flexibility index (Phi) is 2.53. The number of fused-ring (bicyclic) bond motifs is 1. The summed E-state index contributed by atoms with van der Waals surface area (Å²) in [4.78, 5) is 18.6. The third kappa shape index (κ3) is 1.86. The molecule has 0 saturated carbocycles. The van der Waals surface area contributed by atoms with Crippen LogP contribution in [0.3, 0.4) is 0 Å². The molecule has 0 fully saturated rings. The molecule has 0 aliphatic carbocycles. The van der Waals surface area contributed by atoms with E-state index < -0.39 is 5.56 Å². The molecule has 0 bridgehead atoms. The number of H-pyrrole nitrogens is 1. The summed E-state index contributed by atoms with van der Waals surface area (Å²) in [5.41, 5.74) is 0.256. The van der Waals surface area contributed by atoms with Crippen LogP contribution in [-0.4, -0.2) is 24.7 Å². The number of rotatable bonds is 1. The molecular weight excluding hydrogens is 268 g/mol. The molecule has 19 heavy (non-hydrogen) atoms. The largest absolute Gasteiger partial charge is 0.493 e. The van der Waals surface area contributed by atoms with Gasteiger partial charge in [0.15, 0.2) is 0 Å². The lowest BCUT2D eigenvalue weighted by molar-refractivity contribution is 0.436. The standard InChI is InChI=1S/C12H9ClN4O2/c1-6-14-12-15-10(18)9(11(19)17(12)16-6)7-2-4-8(13)5-3-7/h2-5,19H,1H3,(H,14,15,16,18). The summed E-state index contributed by atoms with van der Waals surface area (Å²) < 4.78 is 1.20. The normalized spacial score (nSPS) is 11.1. The minimum Gasteiger partial charge on any atom is -0.493 e. The highest BCUT2D eigenvalue weighted by atomic mass is 35.5. The van der Waals surface area contributed by atoms with Crippen molar-refractivity contribution in [2.45, 2.75) is 6.92 Å². The maximum atomic E-state index is 12.0. The summed E-state index contributed by atoms with van der Waals surface area (Å²) in [5.74, 6) is 0.415. The molecule has 0 unspecified atom stereocenters. The summed E-state index contributed by atoms with van der Waals surface area (Å²) in [5, 5.41) is 14.7. The van der Waals surface area contributed by atoms with Gasteiger partial charge < -0.3 is 5.11 Å². The Bertz CT molecular complexity index is 820. The minimum atomic E-state index is -0.431. The van der Waals surface area contributed by atoms with Gasteiger partial charge in [0.25, 0.3) is 5.56 Å². The van der Waals surface area contributed by atoms with Crippen molar-refractivity contribution in [2.75, 3.05) is 0 Å². The van der Waals surface area contributed by atoms with Crippen LogP contribution in [0.25, 0.3) is 16.9 Å². The summed E-state index contributed by atoms with van der Waals surface area (Å²) in [6.45, 7) is 1.67. The fourth-order valence-electron chi connectivity index (χ4n) is 1.89. The maximum Gasteiger partial charge on any atom is 0.264 e. The lowest BCUT2D eigenvalue weighted by Crippen LogP contribution is -2.12. The molecule has 1 aromatic carbocycles. The van der Waals surface area contributed by atoms with Gasteiger partial charge in [-0.25, -0.2) is 0 Å². The van der Waals surface area contributed by atoms with E-state index in [-0.39, 0.29) is 17.2 Å². The van der Waals surface area contributed by atoms with Gasteiger partial charge in [-0.1, -0.05) is 23.7 Å². The number of aromatic amines is 1. The SMILES string of the molecule is Cc1nc2[nH]c(=O)c(-c3ccc(Cl)cc3)c(O)n2n1. The van der Waals surface area contributed by atoms with Crippen LogP contribution in [0.2, 0.25) is 5.02 Å². The maximum absolute atomic E-state index is 12.0. The molecule has 96 valence electrons. The van der Waals surface area contributed by atoms with Gasteiger partial charge in [-0.3, -0.25) is 9.78 Å². The summed E-state index contributed by atoms with van der Waals surface area (Å²) in [7, 11) is 0. The van der Waals surface area contributed by atoms with Crippen molar-refractivity contribution in [3.8, 4) is 17.0 Å². The average Bonchev–Trinajstić information content (AvgIpc) is 2.72. The van der Waals surface area contributed by atoms with Gasteiger partial charge in [-0.15, -0.1) is 5.10 Å². The lowest BCUT2D eigenvalue weighted by atomic mass is 10.1. The number of hydrogen-bond donors (Lipinski definition) is 2. The van der Waals surface area contributed by atoms with Gasteiger partial charge in [-0.05, 0) is 24.6 Å². The molecule has 0 spiro atoms. The van der Waals surface area contributed by atoms with E-state index in [4.69, 9.17) is 11.6 Å². The van der Waals surface area contributed by atoms with E-state index in [1.807, 2.05) is 0 Å². The molecule has 0 atom stereocenters. The Hall–Kier alpha value is -2.34. The summed E-state index contributed by atoms with van der Waals surface area (Å²) >= 11 is 5.80. The van der Waals surface area contributed by atoms with Crippen molar-refractivity contribution in [1.29, 1.82) is 0 Å². The molecule has 2 heterocycles. The Morgan fingerprint density at radius 3 is 2.68 bits per heavy atom. The van der Waals surface area contributed by atoms with Crippen LogP contribution < -0.4 is 5.56 Å². The molecule has 2 N–H and O–H groups in total. The second-order valence-electron chi connectivity index (χ2n) is 4.05. The molecule has 3 aromatic rings. The molecule has 6 nitrogen and oxygen atoms in total. The molecule has 7 heteroatoms. The first-order chi connectivity index (χ1) is 9.06. The van der Waals surface area contributed by atoms with Crippen molar-refractivity contribution in [3.63, 3.8) is 0 Å². The van der Waals surface area contributed by atoms with Crippen molar-refractivity contribution < 1.29 is 5.11 Å². The first kappa shape index (κ1) is 11.7. The second-order valence-corrected chi connectivity index (χ2v) is 4.49. The van der Waals surface area contributed by atoms with E-state index >= 15 is 0 Å². The van der Waals surface area contributed by atoms with Crippen LogP contribution >= 0.6 is 11.6 Å². The van der Waals surface area contributed by atoms with Crippen LogP contribution in [0.5, 0.6) is 5.88 Å². The third-order valence-electron chi connectivity index (χ3n) is 2.72. The Morgan fingerprint density at radius 1 is 1.32 bits per heavy atom. The fourth-order valence-corrected chi connectivity index (χ4v) is 2.02. The Balaban J connectivity index is 2.34. The van der Waals surface area contributed by atoms with Crippen LogP contribution in [0, 0.1) is 6.92 Å². The van der Waals surface area contributed by atoms with E-state index in [9.17, 15) is 9.90 Å². The van der Waals surface area contributed by atoms with Gasteiger partial charge in [0.1, 0.15) is 11.4 Å². The zero-order chi connectivity index (χ0) is 13.6. The number of nitrogens with zero attached hydrogens (tertiary/aromatic N) is 3. The zero-order valence-electron chi connectivity index (χ0n) is 9.88. The number of halogens is 1. The summed E-state index contributed by atoms with van der Waals surface area (Å²) in [6, 6.07) is 6.60. The van der Waals surface area contributed by atoms with Crippen molar-refractivity contribution in [1.82, 2.24) is 19.6 Å². The summed E-state index contributed by atoms with van der Waals surface area (Å²) in [6.07, 6.45) is 0. The number of benzene rings is 1. The molecule has 0 saturated heterocycles. The highest BCUT2D eigenvalue weighted by Gasteiger charge is 2.15. The van der Waals surface area contributed by atoms with Gasteiger partial charge in [0.2, 0.25) is 11.7 Å². The molecule has 0 amide bonds. The number of hydrogen-bond acceptors (Lipinski definition) is 4. The second kappa shape index (κ2) is 4.10. The van der Waals surface area contributed by atoms with E-state index in [0.717, 1.165) is 0 Å². The zero-order valence-corrected chi connectivity index (χ0v) is 10.6. The third-order valence-corrected chi connectivity index (χ3v) is 2.97. The Labute approximate surface area is 112 Å². The van der Waals surface area contributed by atoms with Gasteiger partial charge in [-0.2, -0.15) is 9.50 Å². The van der Waals surface area contributed by atoms with Crippen LogP contribution in [-0.2, 0) is 0 Å². The molecule has 0 radical (unpaired) electrons. The monoisotopic (exact) mass is 276 g/mol. The highest BCUT2D eigenvalue weighted by molar-refractivity contribution is 6.30. The quantitative estimate of drug-likeness (QED) is 0.709. The van der Waals surface area contributed by atoms with E-state index in [2.05, 4.69) is 15.1 Å². The van der Waals surface area contributed by atoms with Crippen molar-refractivity contribution >= 4 is 17.4 Å². The van der Waals surface area contributed by atoms with Gasteiger partial charge in [0.05, 0.1) is 0 Å². The smallest absolute Gasteiger partial charge is 0.264 e. The van der Waals surface area contributed by atoms with E-state index in [0.29, 0.717) is 16.4 Å². The first-order valence-electron chi connectivity index (χ1n) is 5.51. The molecule has 0 aliphatic rings. The average molecular weight is 277 g/mol. The molecule has 2 aromatic heterocycles. The number of nitrogens with one attached hydrogen (secondary N) is 1. The van der Waals surface area contributed by atoms with Crippen molar-refractivity contribution in [2.24, 2.45) is 0 Å². The van der Waals surface area contributed by atoms with Crippen LogP contribution in [0.4, 0.5) is 0 Å². The number of aromatic hydroxyl groups is 1. The lowest BCUT2D eigenvalue weighted by Gasteiger charge is -2.04. The number of aryl methyl sites for hydroxylation is 1. The molecule has 0 aliphatic heterocycles. The fraction of sp³-hybridized carbons (Fsp3) is 0.0833. The highest BCUT2D eigenvalue weighted by Crippen LogP contribution is 2.26. The topological polar surface area (TPSA) is 83.3 Å². The van der Waals surface area contributed by atoms with E-state index in [1.54, 1.807) is 31.2 Å². The molecular formula is C12H9ClN4O2. The predicted octanol–water partition coefficient (Wildman–Crippen LogP) is 1.75. The molecule has 3 rings (SSSR count). The van der Waals surface area contributed by atoms with Gasteiger partial charge in [0, 0.05) is 5.02 Å².